The highest BCUT2D eigenvalue weighted by Gasteiger charge is 2.37. The third-order valence-corrected chi connectivity index (χ3v) is 3.18. The molecule has 0 radical (unpaired) electrons. The SMILES string of the molecule is CCOC(C)CNC(=O)[C@@H]1CCC[C@@H]1C(=O)O. The molecule has 3 atom stereocenters. The molecule has 0 bridgehead atoms. The highest BCUT2D eigenvalue weighted by Crippen LogP contribution is 2.31. The summed E-state index contributed by atoms with van der Waals surface area (Å²) in [5, 5.41) is 11.8. The van der Waals surface area contributed by atoms with Gasteiger partial charge in [0.25, 0.3) is 0 Å². The van der Waals surface area contributed by atoms with E-state index in [0.717, 1.165) is 6.42 Å². The topological polar surface area (TPSA) is 75.6 Å². The van der Waals surface area contributed by atoms with E-state index in [1.165, 1.54) is 0 Å². The van der Waals surface area contributed by atoms with Crippen molar-refractivity contribution >= 4 is 11.9 Å². The lowest BCUT2D eigenvalue weighted by molar-refractivity contribution is -0.146. The molecule has 17 heavy (non-hydrogen) atoms. The van der Waals surface area contributed by atoms with Crippen LogP contribution in [0.15, 0.2) is 0 Å². The van der Waals surface area contributed by atoms with E-state index in [9.17, 15) is 9.59 Å². The van der Waals surface area contributed by atoms with Crippen LogP contribution in [0.2, 0.25) is 0 Å². The van der Waals surface area contributed by atoms with Crippen molar-refractivity contribution in [1.82, 2.24) is 5.32 Å². The van der Waals surface area contributed by atoms with Crippen LogP contribution in [-0.2, 0) is 14.3 Å². The zero-order valence-electron chi connectivity index (χ0n) is 10.4. The zero-order valence-corrected chi connectivity index (χ0v) is 10.4. The molecule has 1 amide bonds. The second kappa shape index (κ2) is 6.59. The largest absolute Gasteiger partial charge is 0.481 e. The van der Waals surface area contributed by atoms with Crippen molar-refractivity contribution in [2.24, 2.45) is 11.8 Å². The summed E-state index contributed by atoms with van der Waals surface area (Å²) in [7, 11) is 0. The lowest BCUT2D eigenvalue weighted by Crippen LogP contribution is -2.39. The Bertz CT molecular complexity index is 280. The van der Waals surface area contributed by atoms with Crippen molar-refractivity contribution < 1.29 is 19.4 Å². The first-order valence-electron chi connectivity index (χ1n) is 6.18. The Morgan fingerprint density at radius 3 is 2.65 bits per heavy atom. The van der Waals surface area contributed by atoms with Crippen LogP contribution in [0, 0.1) is 11.8 Å². The molecular weight excluding hydrogens is 222 g/mol. The molecule has 98 valence electrons. The highest BCUT2D eigenvalue weighted by molar-refractivity contribution is 5.85. The van der Waals surface area contributed by atoms with Crippen LogP contribution in [0.4, 0.5) is 0 Å². The van der Waals surface area contributed by atoms with Crippen LogP contribution in [-0.4, -0.2) is 36.2 Å². The van der Waals surface area contributed by atoms with Crippen molar-refractivity contribution in [2.45, 2.75) is 39.2 Å². The van der Waals surface area contributed by atoms with Gasteiger partial charge in [0, 0.05) is 13.2 Å². The number of carbonyl (C=O) groups is 2. The van der Waals surface area contributed by atoms with Gasteiger partial charge in [-0.3, -0.25) is 9.59 Å². The third kappa shape index (κ3) is 4.00. The van der Waals surface area contributed by atoms with Crippen LogP contribution < -0.4 is 5.32 Å². The lowest BCUT2D eigenvalue weighted by atomic mass is 9.95. The average Bonchev–Trinajstić information content (AvgIpc) is 2.75. The maximum absolute atomic E-state index is 11.8. The van der Waals surface area contributed by atoms with Crippen LogP contribution in [0.3, 0.4) is 0 Å². The molecule has 0 saturated heterocycles. The smallest absolute Gasteiger partial charge is 0.307 e. The van der Waals surface area contributed by atoms with Gasteiger partial charge >= 0.3 is 5.97 Å². The Balaban J connectivity index is 2.39. The first-order valence-corrected chi connectivity index (χ1v) is 6.18. The normalized spacial score (nSPS) is 25.5. The number of hydrogen-bond donors (Lipinski definition) is 2. The summed E-state index contributed by atoms with van der Waals surface area (Å²) in [6.45, 7) is 4.83. The van der Waals surface area contributed by atoms with Gasteiger partial charge in [-0.15, -0.1) is 0 Å². The maximum atomic E-state index is 11.8. The molecular formula is C12H21NO4. The molecule has 2 N–H and O–H groups in total. The summed E-state index contributed by atoms with van der Waals surface area (Å²) >= 11 is 0. The van der Waals surface area contributed by atoms with Crippen molar-refractivity contribution in [1.29, 1.82) is 0 Å². The fraction of sp³-hybridized carbons (Fsp3) is 0.833. The molecule has 0 aromatic rings. The lowest BCUT2D eigenvalue weighted by Gasteiger charge is -2.18. The van der Waals surface area contributed by atoms with Gasteiger partial charge in [0.1, 0.15) is 0 Å². The standard InChI is InChI=1S/C12H21NO4/c1-3-17-8(2)7-13-11(14)9-5-4-6-10(9)12(15)16/h8-10H,3-7H2,1-2H3,(H,13,14)(H,15,16)/t8?,9-,10+/m1/s1. The average molecular weight is 243 g/mol. The molecule has 1 aliphatic carbocycles. The fourth-order valence-corrected chi connectivity index (χ4v) is 2.29. The van der Waals surface area contributed by atoms with E-state index in [1.807, 2.05) is 13.8 Å². The number of amides is 1. The number of carboxylic acid groups (broad SMARTS) is 1. The van der Waals surface area contributed by atoms with Crippen molar-refractivity contribution in [3.63, 3.8) is 0 Å². The summed E-state index contributed by atoms with van der Waals surface area (Å²) in [5.74, 6) is -1.90. The number of nitrogens with one attached hydrogen (secondary N) is 1. The minimum Gasteiger partial charge on any atom is -0.481 e. The molecule has 0 spiro atoms. The maximum Gasteiger partial charge on any atom is 0.307 e. The van der Waals surface area contributed by atoms with Gasteiger partial charge in [-0.1, -0.05) is 6.42 Å². The van der Waals surface area contributed by atoms with E-state index in [0.29, 0.717) is 26.0 Å². The van der Waals surface area contributed by atoms with Gasteiger partial charge in [-0.05, 0) is 26.7 Å². The summed E-state index contributed by atoms with van der Waals surface area (Å²) in [6.07, 6.45) is 2.06. The predicted molar refractivity (Wildman–Crippen MR) is 62.6 cm³/mol. The highest BCUT2D eigenvalue weighted by atomic mass is 16.5. The molecule has 1 aliphatic rings. The minimum absolute atomic E-state index is 0.0337. The fourth-order valence-electron chi connectivity index (χ4n) is 2.29. The first kappa shape index (κ1) is 14.0. The van der Waals surface area contributed by atoms with Crippen molar-refractivity contribution in [3.8, 4) is 0 Å². The molecule has 0 heterocycles. The van der Waals surface area contributed by atoms with E-state index in [-0.39, 0.29) is 17.9 Å². The molecule has 1 rings (SSSR count). The van der Waals surface area contributed by atoms with Gasteiger partial charge in [-0.2, -0.15) is 0 Å². The van der Waals surface area contributed by atoms with E-state index in [2.05, 4.69) is 5.32 Å². The van der Waals surface area contributed by atoms with E-state index >= 15 is 0 Å². The van der Waals surface area contributed by atoms with Crippen molar-refractivity contribution in [2.75, 3.05) is 13.2 Å². The summed E-state index contributed by atoms with van der Waals surface area (Å²) < 4.78 is 5.30. The van der Waals surface area contributed by atoms with Crippen LogP contribution >= 0.6 is 0 Å². The number of rotatable bonds is 6. The Morgan fingerprint density at radius 2 is 2.06 bits per heavy atom. The van der Waals surface area contributed by atoms with Gasteiger partial charge < -0.3 is 15.2 Å². The molecule has 1 fully saturated rings. The number of carboxylic acids is 1. The quantitative estimate of drug-likeness (QED) is 0.730. The number of aliphatic carboxylic acids is 1. The Labute approximate surface area is 102 Å². The zero-order chi connectivity index (χ0) is 12.8. The summed E-state index contributed by atoms with van der Waals surface area (Å²) in [4.78, 5) is 22.8. The number of hydrogen-bond acceptors (Lipinski definition) is 3. The van der Waals surface area contributed by atoms with Crippen LogP contribution in [0.5, 0.6) is 0 Å². The minimum atomic E-state index is -0.861. The summed E-state index contributed by atoms with van der Waals surface area (Å²) in [5.41, 5.74) is 0. The number of carbonyl (C=O) groups excluding carboxylic acids is 1. The second-order valence-corrected chi connectivity index (χ2v) is 4.49. The predicted octanol–water partition coefficient (Wildman–Crippen LogP) is 1.03. The monoisotopic (exact) mass is 243 g/mol. The molecule has 5 nitrogen and oxygen atoms in total. The molecule has 0 aliphatic heterocycles. The van der Waals surface area contributed by atoms with Gasteiger partial charge in [-0.25, -0.2) is 0 Å². The Hall–Kier alpha value is -1.10. The van der Waals surface area contributed by atoms with E-state index in [1.54, 1.807) is 0 Å². The van der Waals surface area contributed by atoms with Gasteiger partial charge in [0.2, 0.25) is 5.91 Å². The molecule has 0 aromatic heterocycles. The Morgan fingerprint density at radius 1 is 1.41 bits per heavy atom. The molecule has 0 aromatic carbocycles. The number of ether oxygens (including phenoxy) is 1. The molecule has 5 heteroatoms. The van der Waals surface area contributed by atoms with Gasteiger partial charge in [0.05, 0.1) is 17.9 Å². The summed E-state index contributed by atoms with van der Waals surface area (Å²) in [6, 6.07) is 0. The van der Waals surface area contributed by atoms with E-state index in [4.69, 9.17) is 9.84 Å². The van der Waals surface area contributed by atoms with Crippen LogP contribution in [0.25, 0.3) is 0 Å². The van der Waals surface area contributed by atoms with Crippen molar-refractivity contribution in [3.05, 3.63) is 0 Å². The molecule has 1 unspecified atom stereocenters. The first-order chi connectivity index (χ1) is 8.06. The third-order valence-electron chi connectivity index (χ3n) is 3.18. The Kier molecular flexibility index (Phi) is 5.41. The van der Waals surface area contributed by atoms with E-state index < -0.39 is 11.9 Å². The van der Waals surface area contributed by atoms with Gasteiger partial charge in [0.15, 0.2) is 0 Å². The molecule has 1 saturated carbocycles. The second-order valence-electron chi connectivity index (χ2n) is 4.49. The van der Waals surface area contributed by atoms with Crippen LogP contribution in [0.1, 0.15) is 33.1 Å².